The van der Waals surface area contributed by atoms with Gasteiger partial charge in [-0.25, -0.2) is 0 Å². The fourth-order valence-corrected chi connectivity index (χ4v) is 2.57. The highest BCUT2D eigenvalue weighted by atomic mass is 15.1. The zero-order valence-electron chi connectivity index (χ0n) is 11.4. The third-order valence-electron chi connectivity index (χ3n) is 3.79. The second kappa shape index (κ2) is 9.00. The Morgan fingerprint density at radius 2 is 1.50 bits per heavy atom. The number of rotatable bonds is 9. The Bertz CT molecular complexity index is 143. The van der Waals surface area contributed by atoms with E-state index in [0.717, 1.165) is 0 Å². The normalized spacial score (nSPS) is 17.4. The van der Waals surface area contributed by atoms with Crippen molar-refractivity contribution in [2.75, 3.05) is 39.3 Å². The first-order valence-electron chi connectivity index (χ1n) is 7.31. The summed E-state index contributed by atoms with van der Waals surface area (Å²) in [6.07, 6.45) is 8.52. The third-order valence-corrected chi connectivity index (χ3v) is 3.79. The van der Waals surface area contributed by atoms with Crippen LogP contribution in [-0.2, 0) is 0 Å². The van der Waals surface area contributed by atoms with Crippen LogP contribution in [0.5, 0.6) is 0 Å². The average molecular weight is 226 g/mol. The predicted octanol–water partition coefficient (Wildman–Crippen LogP) is 2.98. The summed E-state index contributed by atoms with van der Waals surface area (Å²) in [5.41, 5.74) is 0. The highest BCUT2D eigenvalue weighted by Gasteiger charge is 2.09. The molecule has 0 atom stereocenters. The Labute approximate surface area is 102 Å². The smallest absolute Gasteiger partial charge is 0.00183 e. The maximum absolute atomic E-state index is 2.63. The van der Waals surface area contributed by atoms with E-state index in [0.29, 0.717) is 0 Å². The van der Waals surface area contributed by atoms with E-state index in [-0.39, 0.29) is 0 Å². The Balaban J connectivity index is 1.84. The Hall–Kier alpha value is -0.0800. The fourth-order valence-electron chi connectivity index (χ4n) is 2.57. The first-order valence-corrected chi connectivity index (χ1v) is 7.31. The lowest BCUT2D eigenvalue weighted by molar-refractivity contribution is 0.290. The SMILES string of the molecule is CCN(CC)CCCCCCN1CCCC1. The molecule has 2 nitrogen and oxygen atoms in total. The van der Waals surface area contributed by atoms with E-state index < -0.39 is 0 Å². The van der Waals surface area contributed by atoms with Crippen molar-refractivity contribution >= 4 is 0 Å². The van der Waals surface area contributed by atoms with Crippen molar-refractivity contribution in [1.29, 1.82) is 0 Å². The van der Waals surface area contributed by atoms with Crippen molar-refractivity contribution in [2.45, 2.75) is 52.4 Å². The van der Waals surface area contributed by atoms with E-state index in [2.05, 4.69) is 23.6 Å². The van der Waals surface area contributed by atoms with Crippen LogP contribution in [0.2, 0.25) is 0 Å². The molecule has 1 aliphatic rings. The summed E-state index contributed by atoms with van der Waals surface area (Å²) in [6.45, 7) is 12.3. The van der Waals surface area contributed by atoms with Gasteiger partial charge in [-0.15, -0.1) is 0 Å². The highest BCUT2D eigenvalue weighted by Crippen LogP contribution is 2.09. The van der Waals surface area contributed by atoms with Gasteiger partial charge in [-0.2, -0.15) is 0 Å². The summed E-state index contributed by atoms with van der Waals surface area (Å²) < 4.78 is 0. The molecule has 1 heterocycles. The summed E-state index contributed by atoms with van der Waals surface area (Å²) in [5, 5.41) is 0. The quantitative estimate of drug-likeness (QED) is 0.558. The van der Waals surface area contributed by atoms with Crippen LogP contribution in [0.15, 0.2) is 0 Å². The molecule has 0 saturated carbocycles. The molecule has 0 amide bonds. The highest BCUT2D eigenvalue weighted by molar-refractivity contribution is 4.65. The largest absolute Gasteiger partial charge is 0.304 e. The molecule has 0 aromatic heterocycles. The molecule has 1 fully saturated rings. The number of hydrogen-bond acceptors (Lipinski definition) is 2. The van der Waals surface area contributed by atoms with Gasteiger partial charge in [-0.3, -0.25) is 0 Å². The maximum atomic E-state index is 2.63. The van der Waals surface area contributed by atoms with E-state index in [1.165, 1.54) is 77.8 Å². The van der Waals surface area contributed by atoms with Crippen LogP contribution in [0.25, 0.3) is 0 Å². The summed E-state index contributed by atoms with van der Waals surface area (Å²) in [4.78, 5) is 5.16. The summed E-state index contributed by atoms with van der Waals surface area (Å²) in [7, 11) is 0. The van der Waals surface area contributed by atoms with Gasteiger partial charge >= 0.3 is 0 Å². The monoisotopic (exact) mass is 226 g/mol. The number of hydrogen-bond donors (Lipinski definition) is 0. The molecule has 0 spiro atoms. The van der Waals surface area contributed by atoms with Gasteiger partial charge in [0.1, 0.15) is 0 Å². The van der Waals surface area contributed by atoms with Crippen LogP contribution in [0, 0.1) is 0 Å². The molecule has 0 aromatic rings. The van der Waals surface area contributed by atoms with Crippen molar-refractivity contribution in [3.05, 3.63) is 0 Å². The Morgan fingerprint density at radius 1 is 0.875 bits per heavy atom. The zero-order valence-corrected chi connectivity index (χ0v) is 11.4. The molecular weight excluding hydrogens is 196 g/mol. The molecule has 0 aromatic carbocycles. The standard InChI is InChI=1S/C14H30N2/c1-3-15(4-2)11-7-5-6-8-12-16-13-9-10-14-16/h3-14H2,1-2H3. The van der Waals surface area contributed by atoms with Crippen molar-refractivity contribution < 1.29 is 0 Å². The molecule has 16 heavy (non-hydrogen) atoms. The Morgan fingerprint density at radius 3 is 2.12 bits per heavy atom. The molecule has 0 radical (unpaired) electrons. The number of likely N-dealkylation sites (tertiary alicyclic amines) is 1. The third kappa shape index (κ3) is 5.86. The van der Waals surface area contributed by atoms with E-state index in [1.54, 1.807) is 0 Å². The second-order valence-corrected chi connectivity index (χ2v) is 4.99. The van der Waals surface area contributed by atoms with Gasteiger partial charge in [0, 0.05) is 0 Å². The minimum atomic E-state index is 1.21. The molecule has 1 saturated heterocycles. The zero-order chi connectivity index (χ0) is 11.6. The van der Waals surface area contributed by atoms with Crippen molar-refractivity contribution in [1.82, 2.24) is 9.80 Å². The van der Waals surface area contributed by atoms with Gasteiger partial charge in [0.25, 0.3) is 0 Å². The summed E-state index contributed by atoms with van der Waals surface area (Å²) >= 11 is 0. The molecule has 0 unspecified atom stereocenters. The second-order valence-electron chi connectivity index (χ2n) is 4.99. The molecule has 2 heteroatoms. The van der Waals surface area contributed by atoms with Gasteiger partial charge in [0.2, 0.25) is 0 Å². The van der Waals surface area contributed by atoms with Crippen LogP contribution < -0.4 is 0 Å². The molecule has 1 rings (SSSR count). The molecule has 0 bridgehead atoms. The molecule has 1 aliphatic heterocycles. The predicted molar refractivity (Wildman–Crippen MR) is 71.9 cm³/mol. The van der Waals surface area contributed by atoms with E-state index in [4.69, 9.17) is 0 Å². The topological polar surface area (TPSA) is 6.48 Å². The van der Waals surface area contributed by atoms with Gasteiger partial charge in [0.05, 0.1) is 0 Å². The van der Waals surface area contributed by atoms with Crippen LogP contribution in [0.3, 0.4) is 0 Å². The fraction of sp³-hybridized carbons (Fsp3) is 1.00. The summed E-state index contributed by atoms with van der Waals surface area (Å²) in [6, 6.07) is 0. The first-order chi connectivity index (χ1) is 7.86. The van der Waals surface area contributed by atoms with Gasteiger partial charge in [-0.1, -0.05) is 26.7 Å². The minimum Gasteiger partial charge on any atom is -0.304 e. The number of nitrogens with zero attached hydrogens (tertiary/aromatic N) is 2. The van der Waals surface area contributed by atoms with Crippen molar-refractivity contribution in [3.63, 3.8) is 0 Å². The maximum Gasteiger partial charge on any atom is -0.00183 e. The van der Waals surface area contributed by atoms with E-state index in [1.807, 2.05) is 0 Å². The number of unbranched alkanes of at least 4 members (excludes halogenated alkanes) is 3. The molecule has 96 valence electrons. The lowest BCUT2D eigenvalue weighted by Gasteiger charge is -2.18. The average Bonchev–Trinajstić information content (AvgIpc) is 2.81. The minimum absolute atomic E-state index is 1.21. The molecular formula is C14H30N2. The lowest BCUT2D eigenvalue weighted by Crippen LogP contribution is -2.24. The van der Waals surface area contributed by atoms with Crippen molar-refractivity contribution in [2.24, 2.45) is 0 Å². The van der Waals surface area contributed by atoms with Crippen LogP contribution in [0.4, 0.5) is 0 Å². The van der Waals surface area contributed by atoms with Gasteiger partial charge in [0.15, 0.2) is 0 Å². The van der Waals surface area contributed by atoms with Crippen LogP contribution in [-0.4, -0.2) is 49.1 Å². The van der Waals surface area contributed by atoms with Crippen LogP contribution >= 0.6 is 0 Å². The van der Waals surface area contributed by atoms with Gasteiger partial charge < -0.3 is 9.80 Å². The lowest BCUT2D eigenvalue weighted by atomic mass is 10.2. The van der Waals surface area contributed by atoms with E-state index >= 15 is 0 Å². The Kier molecular flexibility index (Phi) is 7.87. The van der Waals surface area contributed by atoms with Crippen LogP contribution in [0.1, 0.15) is 52.4 Å². The van der Waals surface area contributed by atoms with Crippen molar-refractivity contribution in [3.8, 4) is 0 Å². The van der Waals surface area contributed by atoms with E-state index in [9.17, 15) is 0 Å². The van der Waals surface area contributed by atoms with Gasteiger partial charge in [-0.05, 0) is 65.0 Å². The first kappa shape index (κ1) is 14.0. The molecule has 0 N–H and O–H groups in total. The molecule has 0 aliphatic carbocycles. The summed E-state index contributed by atoms with van der Waals surface area (Å²) in [5.74, 6) is 0.